The van der Waals surface area contributed by atoms with Crippen LogP contribution in [0.2, 0.25) is 0 Å². The van der Waals surface area contributed by atoms with Crippen LogP contribution in [-0.2, 0) is 0 Å². The van der Waals surface area contributed by atoms with Crippen molar-refractivity contribution in [2.24, 2.45) is 5.73 Å². The summed E-state index contributed by atoms with van der Waals surface area (Å²) in [5, 5.41) is 4.45. The summed E-state index contributed by atoms with van der Waals surface area (Å²) in [6.45, 7) is 4.41. The minimum atomic E-state index is 0.379. The molecule has 2 N–H and O–H groups in total. The molecule has 86 valence electrons. The fraction of sp³-hybridized carbons (Fsp3) is 0.214. The summed E-state index contributed by atoms with van der Waals surface area (Å²) in [6, 6.07) is 10.0. The van der Waals surface area contributed by atoms with Gasteiger partial charge in [-0.25, -0.2) is 4.68 Å². The first-order valence-electron chi connectivity index (χ1n) is 5.53. The third-order valence-corrected chi connectivity index (χ3v) is 2.44. The van der Waals surface area contributed by atoms with E-state index < -0.39 is 0 Å². The summed E-state index contributed by atoms with van der Waals surface area (Å²) in [6.07, 6.45) is 0. The minimum absolute atomic E-state index is 0.379. The normalized spacial score (nSPS) is 9.82. The van der Waals surface area contributed by atoms with E-state index in [9.17, 15) is 0 Å². The van der Waals surface area contributed by atoms with Gasteiger partial charge in [0.05, 0.1) is 17.9 Å². The number of nitrogens with two attached hydrogens (primary N) is 1. The van der Waals surface area contributed by atoms with Crippen molar-refractivity contribution in [2.75, 3.05) is 6.54 Å². The van der Waals surface area contributed by atoms with Crippen molar-refractivity contribution in [1.82, 2.24) is 9.78 Å². The molecule has 0 amide bonds. The molecule has 0 radical (unpaired) electrons. The van der Waals surface area contributed by atoms with Gasteiger partial charge in [-0.2, -0.15) is 5.10 Å². The summed E-state index contributed by atoms with van der Waals surface area (Å²) >= 11 is 0. The van der Waals surface area contributed by atoms with Gasteiger partial charge < -0.3 is 5.73 Å². The maximum atomic E-state index is 5.36. The maximum Gasteiger partial charge on any atom is 0.0661 e. The summed E-state index contributed by atoms with van der Waals surface area (Å²) in [5.74, 6) is 5.88. The quantitative estimate of drug-likeness (QED) is 0.752. The van der Waals surface area contributed by atoms with Crippen molar-refractivity contribution in [3.8, 4) is 17.5 Å². The zero-order chi connectivity index (χ0) is 12.3. The molecule has 0 atom stereocenters. The second-order valence-corrected chi connectivity index (χ2v) is 3.90. The summed E-state index contributed by atoms with van der Waals surface area (Å²) in [5.41, 5.74) is 9.48. The predicted octanol–water partition coefficient (Wildman–Crippen LogP) is 1.80. The van der Waals surface area contributed by atoms with Crippen LogP contribution in [0.1, 0.15) is 17.0 Å². The molecule has 0 aliphatic rings. The first kappa shape index (κ1) is 11.4. The van der Waals surface area contributed by atoms with Gasteiger partial charge in [-0.3, -0.25) is 0 Å². The Kier molecular flexibility index (Phi) is 3.27. The van der Waals surface area contributed by atoms with E-state index in [1.165, 1.54) is 0 Å². The molecule has 0 aliphatic heterocycles. The number of benzene rings is 1. The van der Waals surface area contributed by atoms with Crippen molar-refractivity contribution in [2.45, 2.75) is 13.8 Å². The van der Waals surface area contributed by atoms with Crippen LogP contribution in [-0.4, -0.2) is 16.3 Å². The number of nitrogens with zero attached hydrogens (tertiary/aromatic N) is 2. The lowest BCUT2D eigenvalue weighted by atomic mass is 10.2. The first-order valence-corrected chi connectivity index (χ1v) is 5.53. The van der Waals surface area contributed by atoms with Gasteiger partial charge in [0.1, 0.15) is 0 Å². The zero-order valence-corrected chi connectivity index (χ0v) is 10.1. The topological polar surface area (TPSA) is 43.8 Å². The monoisotopic (exact) mass is 225 g/mol. The standard InChI is InChI=1S/C14H15N3/c1-11-9-12(2)17(16-11)14-7-3-5-13(10-14)6-4-8-15/h3,5,7,9-10H,8,15H2,1-2H3. The predicted molar refractivity (Wildman–Crippen MR) is 69.0 cm³/mol. The van der Waals surface area contributed by atoms with E-state index >= 15 is 0 Å². The second-order valence-electron chi connectivity index (χ2n) is 3.90. The molecule has 0 bridgehead atoms. The van der Waals surface area contributed by atoms with Crippen LogP contribution >= 0.6 is 0 Å². The molecule has 0 aliphatic carbocycles. The van der Waals surface area contributed by atoms with Gasteiger partial charge in [-0.05, 0) is 38.1 Å². The summed E-state index contributed by atoms with van der Waals surface area (Å²) in [4.78, 5) is 0. The molecule has 0 saturated carbocycles. The molecule has 0 spiro atoms. The molecule has 3 nitrogen and oxygen atoms in total. The number of hydrogen-bond acceptors (Lipinski definition) is 2. The van der Waals surface area contributed by atoms with Crippen molar-refractivity contribution in [3.05, 3.63) is 47.3 Å². The highest BCUT2D eigenvalue weighted by molar-refractivity contribution is 5.44. The Labute approximate surface area is 101 Å². The molecule has 0 unspecified atom stereocenters. The fourth-order valence-corrected chi connectivity index (χ4v) is 1.76. The van der Waals surface area contributed by atoms with Crippen molar-refractivity contribution < 1.29 is 0 Å². The van der Waals surface area contributed by atoms with Gasteiger partial charge in [-0.1, -0.05) is 17.9 Å². The highest BCUT2D eigenvalue weighted by Crippen LogP contribution is 2.13. The minimum Gasteiger partial charge on any atom is -0.320 e. The maximum absolute atomic E-state index is 5.36. The van der Waals surface area contributed by atoms with Crippen molar-refractivity contribution in [3.63, 3.8) is 0 Å². The number of aromatic nitrogens is 2. The van der Waals surface area contributed by atoms with Crippen molar-refractivity contribution in [1.29, 1.82) is 0 Å². The molecule has 3 heteroatoms. The van der Waals surface area contributed by atoms with Crippen molar-refractivity contribution >= 4 is 0 Å². The molecular weight excluding hydrogens is 210 g/mol. The fourth-order valence-electron chi connectivity index (χ4n) is 1.76. The molecule has 0 saturated heterocycles. The van der Waals surface area contributed by atoms with Gasteiger partial charge in [0.15, 0.2) is 0 Å². The Hall–Kier alpha value is -2.05. The number of aryl methyl sites for hydroxylation is 2. The molecule has 0 fully saturated rings. The SMILES string of the molecule is Cc1cc(C)n(-c2cccc(C#CCN)c2)n1. The Morgan fingerprint density at radius 2 is 2.12 bits per heavy atom. The zero-order valence-electron chi connectivity index (χ0n) is 10.1. The lowest BCUT2D eigenvalue weighted by molar-refractivity contribution is 0.833. The molecule has 1 aromatic carbocycles. The van der Waals surface area contributed by atoms with Crippen LogP contribution < -0.4 is 5.73 Å². The lowest BCUT2D eigenvalue weighted by Crippen LogP contribution is -1.99. The lowest BCUT2D eigenvalue weighted by Gasteiger charge is -2.04. The van der Waals surface area contributed by atoms with E-state index in [1.807, 2.05) is 42.8 Å². The Bertz CT molecular complexity index is 585. The highest BCUT2D eigenvalue weighted by atomic mass is 15.3. The van der Waals surface area contributed by atoms with Gasteiger partial charge in [-0.15, -0.1) is 0 Å². The highest BCUT2D eigenvalue weighted by Gasteiger charge is 2.03. The summed E-state index contributed by atoms with van der Waals surface area (Å²) in [7, 11) is 0. The Balaban J connectivity index is 2.43. The average molecular weight is 225 g/mol. The molecule has 1 heterocycles. The Morgan fingerprint density at radius 1 is 1.29 bits per heavy atom. The summed E-state index contributed by atoms with van der Waals surface area (Å²) < 4.78 is 1.92. The molecular formula is C14H15N3. The number of rotatable bonds is 1. The second kappa shape index (κ2) is 4.86. The van der Waals surface area contributed by atoms with E-state index in [2.05, 4.69) is 23.0 Å². The third kappa shape index (κ3) is 2.55. The van der Waals surface area contributed by atoms with E-state index in [4.69, 9.17) is 5.73 Å². The van der Waals surface area contributed by atoms with E-state index in [0.29, 0.717) is 6.54 Å². The van der Waals surface area contributed by atoms with Gasteiger partial charge in [0, 0.05) is 11.3 Å². The molecule has 2 aromatic rings. The van der Waals surface area contributed by atoms with Gasteiger partial charge in [0.2, 0.25) is 0 Å². The molecule has 2 rings (SSSR count). The van der Waals surface area contributed by atoms with Crippen LogP contribution in [0.4, 0.5) is 0 Å². The van der Waals surface area contributed by atoms with Crippen LogP contribution in [0, 0.1) is 25.7 Å². The van der Waals surface area contributed by atoms with E-state index in [-0.39, 0.29) is 0 Å². The van der Waals surface area contributed by atoms with Crippen LogP contribution in [0.15, 0.2) is 30.3 Å². The molecule has 17 heavy (non-hydrogen) atoms. The average Bonchev–Trinajstić information content (AvgIpc) is 2.66. The number of hydrogen-bond donors (Lipinski definition) is 1. The van der Waals surface area contributed by atoms with Crippen LogP contribution in [0.25, 0.3) is 5.69 Å². The van der Waals surface area contributed by atoms with Gasteiger partial charge in [0.25, 0.3) is 0 Å². The smallest absolute Gasteiger partial charge is 0.0661 e. The van der Waals surface area contributed by atoms with E-state index in [0.717, 1.165) is 22.6 Å². The van der Waals surface area contributed by atoms with E-state index in [1.54, 1.807) is 0 Å². The third-order valence-electron chi connectivity index (χ3n) is 2.44. The van der Waals surface area contributed by atoms with Crippen LogP contribution in [0.3, 0.4) is 0 Å². The molecule has 1 aromatic heterocycles. The van der Waals surface area contributed by atoms with Crippen LogP contribution in [0.5, 0.6) is 0 Å². The Morgan fingerprint density at radius 3 is 2.76 bits per heavy atom. The first-order chi connectivity index (χ1) is 8.20. The largest absolute Gasteiger partial charge is 0.320 e. The van der Waals surface area contributed by atoms with Gasteiger partial charge >= 0.3 is 0 Å².